The van der Waals surface area contributed by atoms with Crippen molar-refractivity contribution in [2.24, 2.45) is 0 Å². The Kier molecular flexibility index (Phi) is 5.50. The zero-order valence-corrected chi connectivity index (χ0v) is 16.6. The van der Waals surface area contributed by atoms with E-state index in [9.17, 15) is 19.1 Å². The van der Waals surface area contributed by atoms with Crippen LogP contribution in [-0.4, -0.2) is 50.4 Å². The Hall–Kier alpha value is -3.26. The highest BCUT2D eigenvalue weighted by molar-refractivity contribution is 5.97. The number of pyridine rings is 1. The van der Waals surface area contributed by atoms with Crippen LogP contribution in [0.5, 0.6) is 0 Å². The average Bonchev–Trinajstić information content (AvgIpc) is 3.11. The fourth-order valence-electron chi connectivity index (χ4n) is 3.81. The van der Waals surface area contributed by atoms with Gasteiger partial charge in [-0.2, -0.15) is 0 Å². The number of rotatable bonds is 4. The van der Waals surface area contributed by atoms with E-state index in [1.54, 1.807) is 6.20 Å². The summed E-state index contributed by atoms with van der Waals surface area (Å²) in [6, 6.07) is 7.61. The quantitative estimate of drug-likeness (QED) is 0.692. The van der Waals surface area contributed by atoms with Gasteiger partial charge in [-0.3, -0.25) is 9.59 Å². The topological polar surface area (TPSA) is 86.9 Å². The van der Waals surface area contributed by atoms with E-state index >= 15 is 0 Å². The van der Waals surface area contributed by atoms with Crippen LogP contribution in [-0.2, 0) is 11.2 Å². The molecule has 4 rings (SSSR count). The number of likely N-dealkylation sites (tertiary alicyclic amines) is 1. The number of imidazole rings is 1. The van der Waals surface area contributed by atoms with Gasteiger partial charge < -0.3 is 19.7 Å². The first-order valence-corrected chi connectivity index (χ1v) is 9.90. The summed E-state index contributed by atoms with van der Waals surface area (Å²) in [4.78, 5) is 31.1. The molecule has 0 saturated carbocycles. The van der Waals surface area contributed by atoms with Gasteiger partial charge in [0.2, 0.25) is 5.91 Å². The van der Waals surface area contributed by atoms with Crippen LogP contribution in [0.1, 0.15) is 34.5 Å². The Bertz CT molecular complexity index is 1110. The molecule has 7 nitrogen and oxygen atoms in total. The molecule has 0 spiro atoms. The van der Waals surface area contributed by atoms with Gasteiger partial charge in [-0.25, -0.2) is 9.37 Å². The number of nitrogens with zero attached hydrogens (tertiary/aromatic N) is 3. The fraction of sp³-hybridized carbons (Fsp3) is 0.318. The minimum atomic E-state index is -0.612. The van der Waals surface area contributed by atoms with Crippen LogP contribution >= 0.6 is 0 Å². The van der Waals surface area contributed by atoms with Crippen molar-refractivity contribution < 1.29 is 19.1 Å². The highest BCUT2D eigenvalue weighted by Gasteiger charge is 2.24. The van der Waals surface area contributed by atoms with Crippen LogP contribution in [0.25, 0.3) is 5.65 Å². The van der Waals surface area contributed by atoms with Gasteiger partial charge in [0.25, 0.3) is 5.91 Å². The van der Waals surface area contributed by atoms with Gasteiger partial charge >= 0.3 is 0 Å². The second kappa shape index (κ2) is 8.23. The molecule has 1 aromatic carbocycles. The van der Waals surface area contributed by atoms with Crippen molar-refractivity contribution >= 4 is 23.1 Å². The Morgan fingerprint density at radius 1 is 1.33 bits per heavy atom. The Labute approximate surface area is 173 Å². The number of benzene rings is 1. The molecular formula is C22H23FN4O3. The summed E-state index contributed by atoms with van der Waals surface area (Å²) in [7, 11) is 0. The third kappa shape index (κ3) is 4.18. The number of hydrogen-bond acceptors (Lipinski definition) is 4. The largest absolute Gasteiger partial charge is 0.391 e. The van der Waals surface area contributed by atoms with E-state index in [1.807, 2.05) is 29.7 Å². The monoisotopic (exact) mass is 410 g/mol. The number of anilines is 1. The van der Waals surface area contributed by atoms with Gasteiger partial charge in [-0.1, -0.05) is 6.07 Å². The molecule has 1 unspecified atom stereocenters. The lowest BCUT2D eigenvalue weighted by atomic mass is 10.1. The fourth-order valence-corrected chi connectivity index (χ4v) is 3.81. The molecule has 1 aliphatic heterocycles. The normalized spacial score (nSPS) is 16.6. The van der Waals surface area contributed by atoms with Crippen LogP contribution in [0, 0.1) is 12.7 Å². The molecule has 8 heteroatoms. The molecule has 1 saturated heterocycles. The number of aliphatic hydroxyl groups is 1. The number of aromatic nitrogens is 2. The van der Waals surface area contributed by atoms with Gasteiger partial charge in [-0.15, -0.1) is 0 Å². The molecule has 2 aromatic heterocycles. The number of aliphatic hydroxyl groups excluding tert-OH is 1. The molecule has 3 heterocycles. The van der Waals surface area contributed by atoms with Crippen molar-refractivity contribution in [2.45, 2.75) is 32.3 Å². The third-order valence-electron chi connectivity index (χ3n) is 5.26. The number of carbonyl (C=O) groups is 2. The Morgan fingerprint density at radius 2 is 2.17 bits per heavy atom. The lowest BCUT2D eigenvalue weighted by Crippen LogP contribution is -2.42. The second-order valence-corrected chi connectivity index (χ2v) is 7.64. The van der Waals surface area contributed by atoms with E-state index < -0.39 is 11.9 Å². The number of fused-ring (bicyclic) bond motifs is 1. The Morgan fingerprint density at radius 3 is 2.97 bits per heavy atom. The number of carbonyl (C=O) groups excluding carboxylic acids is 2. The molecule has 156 valence electrons. The maximum absolute atomic E-state index is 14.1. The van der Waals surface area contributed by atoms with E-state index in [0.29, 0.717) is 25.1 Å². The summed E-state index contributed by atoms with van der Waals surface area (Å²) < 4.78 is 16.0. The minimum Gasteiger partial charge on any atom is -0.391 e. The summed E-state index contributed by atoms with van der Waals surface area (Å²) >= 11 is 0. The van der Waals surface area contributed by atoms with Crippen molar-refractivity contribution in [1.82, 2.24) is 14.3 Å². The predicted molar refractivity (Wildman–Crippen MR) is 110 cm³/mol. The van der Waals surface area contributed by atoms with Gasteiger partial charge in [0.1, 0.15) is 11.5 Å². The molecule has 1 atom stereocenters. The molecule has 3 aromatic rings. The number of piperidine rings is 1. The van der Waals surface area contributed by atoms with Crippen LogP contribution < -0.4 is 5.32 Å². The predicted octanol–water partition coefficient (Wildman–Crippen LogP) is 2.56. The molecule has 2 N–H and O–H groups in total. The number of hydrogen-bond donors (Lipinski definition) is 2. The van der Waals surface area contributed by atoms with Crippen LogP contribution in [0.15, 0.2) is 42.7 Å². The van der Waals surface area contributed by atoms with Crippen LogP contribution in [0.3, 0.4) is 0 Å². The van der Waals surface area contributed by atoms with Gasteiger partial charge in [0, 0.05) is 36.7 Å². The number of β-amino-alcohol motifs (C(OH)–C–C–N with tert-alkyl or cyclic N) is 1. The van der Waals surface area contributed by atoms with Crippen molar-refractivity contribution in [1.29, 1.82) is 0 Å². The van der Waals surface area contributed by atoms with E-state index in [4.69, 9.17) is 0 Å². The zero-order chi connectivity index (χ0) is 21.3. The van der Waals surface area contributed by atoms with Gasteiger partial charge in [0.15, 0.2) is 0 Å². The summed E-state index contributed by atoms with van der Waals surface area (Å²) in [5.41, 5.74) is 2.85. The maximum Gasteiger partial charge on any atom is 0.254 e. The number of halogens is 1. The second-order valence-electron chi connectivity index (χ2n) is 7.64. The summed E-state index contributed by atoms with van der Waals surface area (Å²) in [6.45, 7) is 2.69. The van der Waals surface area contributed by atoms with Crippen molar-refractivity contribution in [3.8, 4) is 0 Å². The first-order chi connectivity index (χ1) is 14.4. The highest BCUT2D eigenvalue weighted by Crippen LogP contribution is 2.19. The first-order valence-electron chi connectivity index (χ1n) is 9.90. The standard InChI is InChI=1S/C22H23FN4O3/c1-14-4-2-7-27-18(12-24-21(14)27)11-20(29)25-17-9-15(8-16(23)10-17)22(30)26-6-3-5-19(28)13-26/h2,4,7-10,12,19,28H,3,5-6,11,13H2,1H3,(H,25,29). The SMILES string of the molecule is Cc1cccn2c(CC(=O)Nc3cc(F)cc(C(=O)N4CCCC(O)C4)c3)cnc12. The highest BCUT2D eigenvalue weighted by atomic mass is 19.1. The Balaban J connectivity index is 1.49. The number of aryl methyl sites for hydroxylation is 1. The lowest BCUT2D eigenvalue weighted by Gasteiger charge is -2.30. The van der Waals surface area contributed by atoms with E-state index in [0.717, 1.165) is 17.3 Å². The molecule has 1 fully saturated rings. The molecule has 1 aliphatic rings. The molecule has 0 radical (unpaired) electrons. The number of nitrogens with one attached hydrogen (secondary N) is 1. The van der Waals surface area contributed by atoms with Crippen molar-refractivity contribution in [3.63, 3.8) is 0 Å². The average molecular weight is 410 g/mol. The molecule has 2 amide bonds. The van der Waals surface area contributed by atoms with E-state index in [1.165, 1.54) is 17.0 Å². The molecular weight excluding hydrogens is 387 g/mol. The number of amides is 2. The van der Waals surface area contributed by atoms with E-state index in [-0.39, 0.29) is 36.0 Å². The summed E-state index contributed by atoms with van der Waals surface area (Å²) in [5.74, 6) is -1.31. The molecule has 0 aliphatic carbocycles. The third-order valence-corrected chi connectivity index (χ3v) is 5.26. The molecule has 30 heavy (non-hydrogen) atoms. The summed E-state index contributed by atoms with van der Waals surface area (Å²) in [5, 5.41) is 12.5. The maximum atomic E-state index is 14.1. The first kappa shape index (κ1) is 20.0. The van der Waals surface area contributed by atoms with Crippen LogP contribution in [0.2, 0.25) is 0 Å². The summed E-state index contributed by atoms with van der Waals surface area (Å²) in [6.07, 6.45) is 4.32. The lowest BCUT2D eigenvalue weighted by molar-refractivity contribution is -0.115. The zero-order valence-electron chi connectivity index (χ0n) is 16.6. The van der Waals surface area contributed by atoms with Crippen LogP contribution in [0.4, 0.5) is 10.1 Å². The van der Waals surface area contributed by atoms with Gasteiger partial charge in [0.05, 0.1) is 18.2 Å². The smallest absolute Gasteiger partial charge is 0.254 e. The van der Waals surface area contributed by atoms with Crippen molar-refractivity contribution in [3.05, 3.63) is 65.4 Å². The van der Waals surface area contributed by atoms with E-state index in [2.05, 4.69) is 10.3 Å². The minimum absolute atomic E-state index is 0.0583. The molecule has 0 bridgehead atoms. The van der Waals surface area contributed by atoms with Gasteiger partial charge in [-0.05, 0) is 49.6 Å². The van der Waals surface area contributed by atoms with Crippen molar-refractivity contribution in [2.75, 3.05) is 18.4 Å².